The second-order valence-corrected chi connectivity index (χ2v) is 4.93. The topological polar surface area (TPSA) is 30.5 Å². The maximum atomic E-state index is 6.17. The Labute approximate surface area is 113 Å². The van der Waals surface area contributed by atoms with Crippen LogP contribution in [0.4, 0.5) is 0 Å². The van der Waals surface area contributed by atoms with Crippen molar-refractivity contribution in [3.8, 4) is 5.75 Å². The van der Waals surface area contributed by atoms with Crippen molar-refractivity contribution < 1.29 is 9.47 Å². The highest BCUT2D eigenvalue weighted by Gasteiger charge is 2.14. The zero-order valence-corrected chi connectivity index (χ0v) is 11.5. The van der Waals surface area contributed by atoms with Gasteiger partial charge in [-0.1, -0.05) is 17.7 Å². The van der Waals surface area contributed by atoms with Gasteiger partial charge in [-0.25, -0.2) is 0 Å². The summed E-state index contributed by atoms with van der Waals surface area (Å²) < 4.78 is 10.9. The van der Waals surface area contributed by atoms with E-state index in [1.807, 2.05) is 18.2 Å². The monoisotopic (exact) mass is 269 g/mol. The molecule has 0 bridgehead atoms. The summed E-state index contributed by atoms with van der Waals surface area (Å²) in [5, 5.41) is 4.15. The first-order valence-electron chi connectivity index (χ1n) is 6.45. The average molecular weight is 270 g/mol. The molecule has 0 aliphatic carbocycles. The molecule has 100 valence electrons. The van der Waals surface area contributed by atoms with Crippen molar-refractivity contribution in [2.24, 2.45) is 0 Å². The van der Waals surface area contributed by atoms with E-state index in [0.29, 0.717) is 6.10 Å². The van der Waals surface area contributed by atoms with Gasteiger partial charge in [0.1, 0.15) is 5.75 Å². The average Bonchev–Trinajstić information content (AvgIpc) is 2.89. The molecule has 1 heterocycles. The molecule has 3 nitrogen and oxygen atoms in total. The van der Waals surface area contributed by atoms with Crippen LogP contribution >= 0.6 is 11.6 Å². The highest BCUT2D eigenvalue weighted by Crippen LogP contribution is 2.25. The van der Waals surface area contributed by atoms with Crippen molar-refractivity contribution in [2.45, 2.75) is 31.9 Å². The quantitative estimate of drug-likeness (QED) is 0.806. The first-order valence-corrected chi connectivity index (χ1v) is 6.82. The van der Waals surface area contributed by atoms with Crippen LogP contribution < -0.4 is 10.1 Å². The normalized spacial score (nSPS) is 19.1. The maximum absolute atomic E-state index is 6.17. The molecule has 2 rings (SSSR count). The van der Waals surface area contributed by atoms with Crippen molar-refractivity contribution in [3.63, 3.8) is 0 Å². The maximum Gasteiger partial charge on any atom is 0.124 e. The first kappa shape index (κ1) is 13.7. The molecule has 1 saturated heterocycles. The Balaban J connectivity index is 1.78. The van der Waals surface area contributed by atoms with Crippen molar-refractivity contribution in [3.05, 3.63) is 28.8 Å². The minimum Gasteiger partial charge on any atom is -0.496 e. The number of halogens is 1. The Bertz CT molecular complexity index is 378. The third-order valence-corrected chi connectivity index (χ3v) is 3.62. The summed E-state index contributed by atoms with van der Waals surface area (Å²) in [7, 11) is 1.67. The van der Waals surface area contributed by atoms with E-state index in [0.717, 1.165) is 42.5 Å². The van der Waals surface area contributed by atoms with E-state index in [9.17, 15) is 0 Å². The van der Waals surface area contributed by atoms with Crippen LogP contribution in [0.25, 0.3) is 0 Å². The lowest BCUT2D eigenvalue weighted by Gasteiger charge is -2.13. The molecule has 1 aliphatic heterocycles. The minimum absolute atomic E-state index is 0.436. The Kier molecular flexibility index (Phi) is 5.29. The van der Waals surface area contributed by atoms with Crippen LogP contribution in [-0.2, 0) is 11.3 Å². The molecule has 0 saturated carbocycles. The zero-order valence-electron chi connectivity index (χ0n) is 10.7. The molecule has 1 aliphatic rings. The SMILES string of the molecule is COc1cccc(Cl)c1CNCCC1CCCO1. The third-order valence-electron chi connectivity index (χ3n) is 3.26. The fourth-order valence-electron chi connectivity index (χ4n) is 2.25. The van der Waals surface area contributed by atoms with Gasteiger partial charge in [0, 0.05) is 23.7 Å². The van der Waals surface area contributed by atoms with Crippen molar-refractivity contribution in [1.82, 2.24) is 5.32 Å². The van der Waals surface area contributed by atoms with Gasteiger partial charge in [-0.2, -0.15) is 0 Å². The second kappa shape index (κ2) is 6.98. The van der Waals surface area contributed by atoms with Gasteiger partial charge in [-0.05, 0) is 37.9 Å². The fraction of sp³-hybridized carbons (Fsp3) is 0.571. The molecule has 1 unspecified atom stereocenters. The van der Waals surface area contributed by atoms with Crippen molar-refractivity contribution >= 4 is 11.6 Å². The lowest BCUT2D eigenvalue weighted by atomic mass is 10.1. The number of methoxy groups -OCH3 is 1. The molecular formula is C14H20ClNO2. The van der Waals surface area contributed by atoms with Crippen LogP contribution in [0.5, 0.6) is 5.75 Å². The summed E-state index contributed by atoms with van der Waals surface area (Å²) >= 11 is 6.17. The molecule has 1 atom stereocenters. The lowest BCUT2D eigenvalue weighted by molar-refractivity contribution is 0.104. The number of rotatable bonds is 6. The number of benzene rings is 1. The molecule has 1 N–H and O–H groups in total. The van der Waals surface area contributed by atoms with E-state index < -0.39 is 0 Å². The molecule has 18 heavy (non-hydrogen) atoms. The molecule has 0 amide bonds. The van der Waals surface area contributed by atoms with E-state index in [-0.39, 0.29) is 0 Å². The molecule has 0 aromatic heterocycles. The van der Waals surface area contributed by atoms with Crippen molar-refractivity contribution in [2.75, 3.05) is 20.3 Å². The molecule has 1 aromatic rings. The third kappa shape index (κ3) is 3.61. The van der Waals surface area contributed by atoms with E-state index >= 15 is 0 Å². The summed E-state index contributed by atoms with van der Waals surface area (Å²) in [6, 6.07) is 5.72. The Morgan fingerprint density at radius 2 is 2.39 bits per heavy atom. The van der Waals surface area contributed by atoms with E-state index in [4.69, 9.17) is 21.1 Å². The van der Waals surface area contributed by atoms with Crippen LogP contribution in [0.2, 0.25) is 5.02 Å². The summed E-state index contributed by atoms with van der Waals surface area (Å²) in [6.07, 6.45) is 3.89. The highest BCUT2D eigenvalue weighted by molar-refractivity contribution is 6.31. The summed E-state index contributed by atoms with van der Waals surface area (Å²) in [6.45, 7) is 2.59. The highest BCUT2D eigenvalue weighted by atomic mass is 35.5. The Morgan fingerprint density at radius 3 is 3.11 bits per heavy atom. The molecule has 0 spiro atoms. The fourth-order valence-corrected chi connectivity index (χ4v) is 2.48. The predicted molar refractivity (Wildman–Crippen MR) is 73.3 cm³/mol. The molecule has 0 radical (unpaired) electrons. The number of ether oxygens (including phenoxy) is 2. The van der Waals surface area contributed by atoms with Gasteiger partial charge in [0.25, 0.3) is 0 Å². The summed E-state index contributed by atoms with van der Waals surface area (Å²) in [4.78, 5) is 0. The number of hydrogen-bond acceptors (Lipinski definition) is 3. The Hall–Kier alpha value is -0.770. The number of hydrogen-bond donors (Lipinski definition) is 1. The number of nitrogens with one attached hydrogen (secondary N) is 1. The van der Waals surface area contributed by atoms with Gasteiger partial charge in [0.2, 0.25) is 0 Å². The van der Waals surface area contributed by atoms with E-state index in [2.05, 4.69) is 5.32 Å². The molecule has 1 fully saturated rings. The molecular weight excluding hydrogens is 250 g/mol. The van der Waals surface area contributed by atoms with Crippen molar-refractivity contribution in [1.29, 1.82) is 0 Å². The summed E-state index contributed by atoms with van der Waals surface area (Å²) in [5.74, 6) is 0.840. The second-order valence-electron chi connectivity index (χ2n) is 4.52. The lowest BCUT2D eigenvalue weighted by Crippen LogP contribution is -2.20. The minimum atomic E-state index is 0.436. The molecule has 4 heteroatoms. The van der Waals surface area contributed by atoms with Crippen LogP contribution in [-0.4, -0.2) is 26.4 Å². The van der Waals surface area contributed by atoms with Crippen LogP contribution in [0, 0.1) is 0 Å². The standard InChI is InChI=1S/C14H20ClNO2/c1-17-14-6-2-5-13(15)12(14)10-16-8-7-11-4-3-9-18-11/h2,5-6,11,16H,3-4,7-10H2,1H3. The van der Waals surface area contributed by atoms with Crippen LogP contribution in [0.15, 0.2) is 18.2 Å². The molecule has 1 aromatic carbocycles. The van der Waals surface area contributed by atoms with Gasteiger partial charge in [-0.15, -0.1) is 0 Å². The van der Waals surface area contributed by atoms with Gasteiger partial charge in [0.15, 0.2) is 0 Å². The van der Waals surface area contributed by atoms with Crippen LogP contribution in [0.1, 0.15) is 24.8 Å². The predicted octanol–water partition coefficient (Wildman–Crippen LogP) is 3.01. The first-order chi connectivity index (χ1) is 8.81. The van der Waals surface area contributed by atoms with E-state index in [1.54, 1.807) is 7.11 Å². The smallest absolute Gasteiger partial charge is 0.124 e. The van der Waals surface area contributed by atoms with Gasteiger partial charge in [0.05, 0.1) is 13.2 Å². The largest absolute Gasteiger partial charge is 0.496 e. The van der Waals surface area contributed by atoms with Gasteiger partial charge >= 0.3 is 0 Å². The van der Waals surface area contributed by atoms with Gasteiger partial charge in [-0.3, -0.25) is 0 Å². The van der Waals surface area contributed by atoms with Gasteiger partial charge < -0.3 is 14.8 Å². The van der Waals surface area contributed by atoms with Crippen LogP contribution in [0.3, 0.4) is 0 Å². The zero-order chi connectivity index (χ0) is 12.8. The summed E-state index contributed by atoms with van der Waals surface area (Å²) in [5.41, 5.74) is 1.02. The Morgan fingerprint density at radius 1 is 1.50 bits per heavy atom. The van der Waals surface area contributed by atoms with E-state index in [1.165, 1.54) is 12.8 Å².